The molecule has 2 rings (SSSR count). The molecule has 2 aromatic rings. The van der Waals surface area contributed by atoms with E-state index in [4.69, 9.17) is 0 Å². The maximum atomic E-state index is 4.02. The van der Waals surface area contributed by atoms with Gasteiger partial charge in [-0.2, -0.15) is 11.3 Å². The highest BCUT2D eigenvalue weighted by molar-refractivity contribution is 7.07. The lowest BCUT2D eigenvalue weighted by Crippen LogP contribution is -2.19. The largest absolute Gasteiger partial charge is 0.320 e. The molecule has 0 saturated carbocycles. The maximum absolute atomic E-state index is 4.02. The molecule has 5 heteroatoms. The fraction of sp³-hybridized carbons (Fsp3) is 0.400. The molecule has 0 amide bonds. The molecule has 0 aliphatic rings. The van der Waals surface area contributed by atoms with Gasteiger partial charge in [-0.25, -0.2) is 0 Å². The summed E-state index contributed by atoms with van der Waals surface area (Å²) in [5, 5.41) is 15.5. The molecule has 0 spiro atoms. The van der Waals surface area contributed by atoms with Crippen molar-refractivity contribution in [1.29, 1.82) is 0 Å². The van der Waals surface area contributed by atoms with Gasteiger partial charge in [-0.3, -0.25) is 0 Å². The molecule has 2 heterocycles. The Hall–Kier alpha value is -1.20. The van der Waals surface area contributed by atoms with E-state index >= 15 is 0 Å². The Labute approximate surface area is 93.0 Å². The molecule has 0 bridgehead atoms. The smallest absolute Gasteiger partial charge is 0.146 e. The summed E-state index contributed by atoms with van der Waals surface area (Å²) in [5.41, 5.74) is 1.32. The lowest BCUT2D eigenvalue weighted by atomic mass is 10.2. The molecular formula is C10H14N4S. The van der Waals surface area contributed by atoms with Gasteiger partial charge in [0.25, 0.3) is 0 Å². The van der Waals surface area contributed by atoms with E-state index in [0.29, 0.717) is 6.04 Å². The van der Waals surface area contributed by atoms with Crippen LogP contribution in [0.15, 0.2) is 23.2 Å². The number of rotatable bonds is 4. The molecule has 1 atom stereocenters. The van der Waals surface area contributed by atoms with Crippen molar-refractivity contribution >= 4 is 11.3 Å². The summed E-state index contributed by atoms with van der Waals surface area (Å²) in [6.07, 6.45) is 1.71. The van der Waals surface area contributed by atoms with Gasteiger partial charge in [-0.05, 0) is 29.3 Å². The van der Waals surface area contributed by atoms with Gasteiger partial charge in [-0.15, -0.1) is 10.2 Å². The van der Waals surface area contributed by atoms with Crippen molar-refractivity contribution in [2.24, 2.45) is 7.05 Å². The number of hydrogen-bond acceptors (Lipinski definition) is 4. The van der Waals surface area contributed by atoms with Crippen LogP contribution in [0.4, 0.5) is 0 Å². The highest BCUT2D eigenvalue weighted by atomic mass is 32.1. The average Bonchev–Trinajstić information content (AvgIpc) is 2.85. The zero-order valence-corrected chi connectivity index (χ0v) is 9.66. The van der Waals surface area contributed by atoms with Crippen LogP contribution < -0.4 is 5.32 Å². The lowest BCUT2D eigenvalue weighted by Gasteiger charge is -2.11. The number of aromatic nitrogens is 3. The molecule has 1 N–H and O–H groups in total. The van der Waals surface area contributed by atoms with Crippen molar-refractivity contribution in [3.05, 3.63) is 34.5 Å². The Morgan fingerprint density at radius 3 is 3.07 bits per heavy atom. The lowest BCUT2D eigenvalue weighted by molar-refractivity contribution is 0.549. The van der Waals surface area contributed by atoms with E-state index in [-0.39, 0.29) is 0 Å². The number of hydrogen-bond donors (Lipinski definition) is 1. The molecule has 1 unspecified atom stereocenters. The topological polar surface area (TPSA) is 42.7 Å². The summed E-state index contributed by atoms with van der Waals surface area (Å²) in [7, 11) is 1.95. The second-order valence-electron chi connectivity index (χ2n) is 3.52. The van der Waals surface area contributed by atoms with Crippen LogP contribution in [-0.4, -0.2) is 14.8 Å². The van der Waals surface area contributed by atoms with Gasteiger partial charge >= 0.3 is 0 Å². The standard InChI is InChI=1S/C10H14N4S/c1-8(9-3-4-15-6-9)11-5-10-13-12-7-14(10)2/h3-4,6-8,11H,5H2,1-2H3. The first-order chi connectivity index (χ1) is 7.27. The van der Waals surface area contributed by atoms with Gasteiger partial charge in [0, 0.05) is 13.1 Å². The van der Waals surface area contributed by atoms with Crippen molar-refractivity contribution in [3.63, 3.8) is 0 Å². The van der Waals surface area contributed by atoms with E-state index in [2.05, 4.69) is 39.3 Å². The summed E-state index contributed by atoms with van der Waals surface area (Å²) < 4.78 is 1.92. The first kappa shape index (κ1) is 10.3. The number of nitrogens with one attached hydrogen (secondary N) is 1. The Bertz CT molecular complexity index is 407. The quantitative estimate of drug-likeness (QED) is 0.856. The van der Waals surface area contributed by atoms with Crippen LogP contribution in [-0.2, 0) is 13.6 Å². The predicted octanol–water partition coefficient (Wildman–Crippen LogP) is 1.73. The second kappa shape index (κ2) is 4.55. The Morgan fingerprint density at radius 1 is 1.60 bits per heavy atom. The molecule has 0 aromatic carbocycles. The van der Waals surface area contributed by atoms with Crippen molar-refractivity contribution in [3.8, 4) is 0 Å². The molecule has 15 heavy (non-hydrogen) atoms. The van der Waals surface area contributed by atoms with Gasteiger partial charge in [0.1, 0.15) is 12.2 Å². The highest BCUT2D eigenvalue weighted by Crippen LogP contribution is 2.15. The Balaban J connectivity index is 1.91. The predicted molar refractivity (Wildman–Crippen MR) is 60.6 cm³/mol. The van der Waals surface area contributed by atoms with E-state index in [1.807, 2.05) is 11.6 Å². The molecule has 4 nitrogen and oxygen atoms in total. The molecule has 80 valence electrons. The van der Waals surface area contributed by atoms with Gasteiger partial charge in [-0.1, -0.05) is 0 Å². The molecule has 0 fully saturated rings. The Kier molecular flexibility index (Phi) is 3.13. The average molecular weight is 222 g/mol. The van der Waals surface area contributed by atoms with Crippen LogP contribution in [0.5, 0.6) is 0 Å². The van der Waals surface area contributed by atoms with E-state index in [0.717, 1.165) is 12.4 Å². The second-order valence-corrected chi connectivity index (χ2v) is 4.30. The fourth-order valence-electron chi connectivity index (χ4n) is 1.35. The van der Waals surface area contributed by atoms with Crippen LogP contribution in [0, 0.1) is 0 Å². The minimum absolute atomic E-state index is 0.355. The van der Waals surface area contributed by atoms with Gasteiger partial charge in [0.15, 0.2) is 0 Å². The van der Waals surface area contributed by atoms with Gasteiger partial charge in [0.05, 0.1) is 6.54 Å². The number of thiophene rings is 1. The molecule has 0 saturated heterocycles. The van der Waals surface area contributed by atoms with Crippen LogP contribution in [0.1, 0.15) is 24.4 Å². The maximum Gasteiger partial charge on any atom is 0.146 e. The van der Waals surface area contributed by atoms with E-state index in [1.165, 1.54) is 5.56 Å². The highest BCUT2D eigenvalue weighted by Gasteiger charge is 2.06. The minimum atomic E-state index is 0.355. The molecule has 0 aliphatic heterocycles. The number of aryl methyl sites for hydroxylation is 1. The van der Waals surface area contributed by atoms with Crippen LogP contribution in [0.25, 0.3) is 0 Å². The molecule has 0 radical (unpaired) electrons. The monoisotopic (exact) mass is 222 g/mol. The summed E-state index contributed by atoms with van der Waals surface area (Å²) in [4.78, 5) is 0. The van der Waals surface area contributed by atoms with Crippen molar-refractivity contribution in [1.82, 2.24) is 20.1 Å². The van der Waals surface area contributed by atoms with Crippen molar-refractivity contribution < 1.29 is 0 Å². The van der Waals surface area contributed by atoms with E-state index in [1.54, 1.807) is 17.7 Å². The van der Waals surface area contributed by atoms with Gasteiger partial charge in [0.2, 0.25) is 0 Å². The van der Waals surface area contributed by atoms with Crippen molar-refractivity contribution in [2.75, 3.05) is 0 Å². The zero-order chi connectivity index (χ0) is 10.7. The van der Waals surface area contributed by atoms with E-state index in [9.17, 15) is 0 Å². The SMILES string of the molecule is CC(NCc1nncn1C)c1ccsc1. The normalized spacial score (nSPS) is 12.9. The third kappa shape index (κ3) is 2.43. The molecule has 2 aromatic heterocycles. The third-order valence-electron chi connectivity index (χ3n) is 2.41. The first-order valence-corrected chi connectivity index (χ1v) is 5.80. The molecule has 0 aliphatic carbocycles. The summed E-state index contributed by atoms with van der Waals surface area (Å²) in [6, 6.07) is 2.49. The summed E-state index contributed by atoms with van der Waals surface area (Å²) in [6.45, 7) is 2.89. The fourth-order valence-corrected chi connectivity index (χ4v) is 2.10. The van der Waals surface area contributed by atoms with E-state index < -0.39 is 0 Å². The van der Waals surface area contributed by atoms with Gasteiger partial charge < -0.3 is 9.88 Å². The zero-order valence-electron chi connectivity index (χ0n) is 8.84. The van der Waals surface area contributed by atoms with Crippen LogP contribution in [0.2, 0.25) is 0 Å². The number of nitrogens with zero attached hydrogens (tertiary/aromatic N) is 3. The molecular weight excluding hydrogens is 208 g/mol. The summed E-state index contributed by atoms with van der Waals surface area (Å²) >= 11 is 1.72. The minimum Gasteiger partial charge on any atom is -0.320 e. The first-order valence-electron chi connectivity index (χ1n) is 4.85. The third-order valence-corrected chi connectivity index (χ3v) is 3.12. The van der Waals surface area contributed by atoms with Crippen LogP contribution in [0.3, 0.4) is 0 Å². The van der Waals surface area contributed by atoms with Crippen molar-refractivity contribution in [2.45, 2.75) is 19.5 Å². The van der Waals surface area contributed by atoms with Crippen LogP contribution >= 0.6 is 11.3 Å². The Morgan fingerprint density at radius 2 is 2.47 bits per heavy atom. The summed E-state index contributed by atoms with van der Waals surface area (Å²) in [5.74, 6) is 0.956.